The summed E-state index contributed by atoms with van der Waals surface area (Å²) >= 11 is 0. The molecule has 2 N–H and O–H groups in total. The molecule has 5 heteroatoms. The van der Waals surface area contributed by atoms with Crippen molar-refractivity contribution in [3.8, 4) is 5.75 Å². The van der Waals surface area contributed by atoms with Gasteiger partial charge in [0, 0.05) is 19.1 Å². The van der Waals surface area contributed by atoms with Gasteiger partial charge in [0.2, 0.25) is 0 Å². The van der Waals surface area contributed by atoms with Crippen molar-refractivity contribution in [2.75, 3.05) is 26.7 Å². The second kappa shape index (κ2) is 7.68. The zero-order valence-corrected chi connectivity index (χ0v) is 13.9. The van der Waals surface area contributed by atoms with Crippen LogP contribution < -0.4 is 15.4 Å². The monoisotopic (exact) mass is 317 g/mol. The van der Waals surface area contributed by atoms with Gasteiger partial charge in [-0.2, -0.15) is 0 Å². The summed E-state index contributed by atoms with van der Waals surface area (Å²) < 4.78 is 5.19. The Labute approximate surface area is 138 Å². The number of hydrogen-bond donors (Lipinski definition) is 2. The van der Waals surface area contributed by atoms with Gasteiger partial charge >= 0.3 is 6.03 Å². The number of nitrogens with one attached hydrogen (secondary N) is 2. The summed E-state index contributed by atoms with van der Waals surface area (Å²) in [4.78, 5) is 14.1. The number of ether oxygens (including phenoxy) is 1. The van der Waals surface area contributed by atoms with Crippen LogP contribution in [0.2, 0.25) is 0 Å². The van der Waals surface area contributed by atoms with E-state index in [9.17, 15) is 4.79 Å². The molecule has 1 saturated heterocycles. The number of amides is 2. The Morgan fingerprint density at radius 1 is 1.17 bits per heavy atom. The standard InChI is InChI=1S/C18H27N3O2/c1-23-17-6-2-15(3-7-17)13-21-10-8-14(9-11-21)12-19-18(22)20-16-4-5-16/h2-3,6-7,14,16H,4-5,8-13H2,1H3,(H2,19,20,22). The molecule has 1 aliphatic carbocycles. The van der Waals surface area contributed by atoms with Crippen LogP contribution in [-0.2, 0) is 6.54 Å². The minimum Gasteiger partial charge on any atom is -0.497 e. The van der Waals surface area contributed by atoms with Crippen molar-refractivity contribution in [3.63, 3.8) is 0 Å². The minimum absolute atomic E-state index is 0.00756. The SMILES string of the molecule is COc1ccc(CN2CCC(CNC(=O)NC3CC3)CC2)cc1. The van der Waals surface area contributed by atoms with E-state index in [1.54, 1.807) is 7.11 Å². The second-order valence-corrected chi connectivity index (χ2v) is 6.70. The lowest BCUT2D eigenvalue weighted by atomic mass is 9.96. The molecule has 5 nitrogen and oxygen atoms in total. The van der Waals surface area contributed by atoms with E-state index >= 15 is 0 Å². The number of hydrogen-bond acceptors (Lipinski definition) is 3. The van der Waals surface area contributed by atoms with E-state index in [0.29, 0.717) is 12.0 Å². The molecule has 1 aromatic carbocycles. The van der Waals surface area contributed by atoms with E-state index in [1.165, 1.54) is 5.56 Å². The van der Waals surface area contributed by atoms with Crippen molar-refractivity contribution in [3.05, 3.63) is 29.8 Å². The third-order valence-electron chi connectivity index (χ3n) is 4.74. The van der Waals surface area contributed by atoms with Crippen molar-refractivity contribution in [2.24, 2.45) is 5.92 Å². The molecule has 126 valence electrons. The van der Waals surface area contributed by atoms with Gasteiger partial charge in [-0.25, -0.2) is 4.79 Å². The van der Waals surface area contributed by atoms with Gasteiger partial charge in [0.05, 0.1) is 7.11 Å². The van der Waals surface area contributed by atoms with Crippen LogP contribution in [-0.4, -0.2) is 43.7 Å². The van der Waals surface area contributed by atoms with Gasteiger partial charge in [0.15, 0.2) is 0 Å². The third-order valence-corrected chi connectivity index (χ3v) is 4.74. The molecule has 23 heavy (non-hydrogen) atoms. The van der Waals surface area contributed by atoms with Gasteiger partial charge < -0.3 is 15.4 Å². The van der Waals surface area contributed by atoms with E-state index in [0.717, 1.165) is 57.6 Å². The summed E-state index contributed by atoms with van der Waals surface area (Å²) in [5, 5.41) is 5.99. The van der Waals surface area contributed by atoms with Crippen LogP contribution in [0.15, 0.2) is 24.3 Å². The summed E-state index contributed by atoms with van der Waals surface area (Å²) in [6.45, 7) is 3.99. The number of methoxy groups -OCH3 is 1. The predicted octanol–water partition coefficient (Wildman–Crippen LogP) is 2.37. The summed E-state index contributed by atoms with van der Waals surface area (Å²) in [5.74, 6) is 1.51. The highest BCUT2D eigenvalue weighted by Crippen LogP contribution is 2.20. The largest absolute Gasteiger partial charge is 0.497 e. The van der Waals surface area contributed by atoms with Gasteiger partial charge in [0.25, 0.3) is 0 Å². The fourth-order valence-corrected chi connectivity index (χ4v) is 3.04. The van der Waals surface area contributed by atoms with Gasteiger partial charge in [-0.1, -0.05) is 12.1 Å². The van der Waals surface area contributed by atoms with Gasteiger partial charge in [-0.3, -0.25) is 4.90 Å². The maximum Gasteiger partial charge on any atom is 0.315 e. The van der Waals surface area contributed by atoms with Crippen LogP contribution in [0.4, 0.5) is 4.79 Å². The van der Waals surface area contributed by atoms with Crippen LogP contribution in [0, 0.1) is 5.92 Å². The first kappa shape index (κ1) is 16.1. The number of rotatable bonds is 6. The average molecular weight is 317 g/mol. The number of piperidine rings is 1. The lowest BCUT2D eigenvalue weighted by molar-refractivity contribution is 0.175. The van der Waals surface area contributed by atoms with Crippen molar-refractivity contribution in [1.29, 1.82) is 0 Å². The van der Waals surface area contributed by atoms with Crippen LogP contribution in [0.25, 0.3) is 0 Å². The predicted molar refractivity (Wildman–Crippen MR) is 90.6 cm³/mol. The molecule has 0 bridgehead atoms. The van der Waals surface area contributed by atoms with E-state index in [-0.39, 0.29) is 6.03 Å². The lowest BCUT2D eigenvalue weighted by Crippen LogP contribution is -2.42. The Morgan fingerprint density at radius 3 is 2.48 bits per heavy atom. The topological polar surface area (TPSA) is 53.6 Å². The first-order chi connectivity index (χ1) is 11.2. The maximum absolute atomic E-state index is 11.7. The smallest absolute Gasteiger partial charge is 0.315 e. The van der Waals surface area contributed by atoms with Crippen LogP contribution in [0.5, 0.6) is 5.75 Å². The third kappa shape index (κ3) is 5.13. The van der Waals surface area contributed by atoms with Crippen LogP contribution in [0.3, 0.4) is 0 Å². The van der Waals surface area contributed by atoms with Gasteiger partial charge in [-0.15, -0.1) is 0 Å². The summed E-state index contributed by atoms with van der Waals surface area (Å²) in [7, 11) is 1.69. The van der Waals surface area contributed by atoms with Crippen molar-refractivity contribution < 1.29 is 9.53 Å². The Balaban J connectivity index is 1.35. The first-order valence-corrected chi connectivity index (χ1v) is 8.62. The molecule has 0 atom stereocenters. The highest BCUT2D eigenvalue weighted by molar-refractivity contribution is 5.74. The number of carbonyl (C=O) groups excluding carboxylic acids is 1. The molecular weight excluding hydrogens is 290 g/mol. The fraction of sp³-hybridized carbons (Fsp3) is 0.611. The Bertz CT molecular complexity index is 506. The van der Waals surface area contributed by atoms with E-state index < -0.39 is 0 Å². The number of nitrogens with zero attached hydrogens (tertiary/aromatic N) is 1. The zero-order chi connectivity index (χ0) is 16.1. The molecule has 1 aliphatic heterocycles. The molecule has 0 aromatic heterocycles. The molecular formula is C18H27N3O2. The molecule has 2 fully saturated rings. The van der Waals surface area contributed by atoms with Crippen LogP contribution >= 0.6 is 0 Å². The maximum atomic E-state index is 11.7. The summed E-state index contributed by atoms with van der Waals surface area (Å²) in [6, 6.07) is 8.74. The Hall–Kier alpha value is -1.75. The van der Waals surface area contributed by atoms with Crippen molar-refractivity contribution >= 4 is 6.03 Å². The molecule has 0 spiro atoms. The van der Waals surface area contributed by atoms with Crippen molar-refractivity contribution in [2.45, 2.75) is 38.3 Å². The molecule has 2 aliphatic rings. The molecule has 0 unspecified atom stereocenters. The fourth-order valence-electron chi connectivity index (χ4n) is 3.04. The normalized spacial score (nSPS) is 19.3. The van der Waals surface area contributed by atoms with E-state index in [1.807, 2.05) is 12.1 Å². The highest BCUT2D eigenvalue weighted by atomic mass is 16.5. The quantitative estimate of drug-likeness (QED) is 0.847. The molecule has 1 heterocycles. The molecule has 0 radical (unpaired) electrons. The molecule has 3 rings (SSSR count). The molecule has 1 aromatic rings. The minimum atomic E-state index is 0.00756. The number of carbonyl (C=O) groups is 1. The Kier molecular flexibility index (Phi) is 5.39. The van der Waals surface area contributed by atoms with Crippen LogP contribution in [0.1, 0.15) is 31.2 Å². The number of likely N-dealkylation sites (tertiary alicyclic amines) is 1. The number of urea groups is 1. The zero-order valence-electron chi connectivity index (χ0n) is 13.9. The highest BCUT2D eigenvalue weighted by Gasteiger charge is 2.24. The molecule has 2 amide bonds. The van der Waals surface area contributed by atoms with E-state index in [4.69, 9.17) is 4.74 Å². The number of benzene rings is 1. The summed E-state index contributed by atoms with van der Waals surface area (Å²) in [5.41, 5.74) is 1.33. The lowest BCUT2D eigenvalue weighted by Gasteiger charge is -2.32. The van der Waals surface area contributed by atoms with Gasteiger partial charge in [-0.05, 0) is 62.4 Å². The second-order valence-electron chi connectivity index (χ2n) is 6.70. The molecule has 1 saturated carbocycles. The first-order valence-electron chi connectivity index (χ1n) is 8.62. The van der Waals surface area contributed by atoms with Crippen molar-refractivity contribution in [1.82, 2.24) is 15.5 Å². The summed E-state index contributed by atoms with van der Waals surface area (Å²) in [6.07, 6.45) is 4.58. The Morgan fingerprint density at radius 2 is 1.87 bits per heavy atom. The van der Waals surface area contributed by atoms with Gasteiger partial charge in [0.1, 0.15) is 5.75 Å². The average Bonchev–Trinajstić information content (AvgIpc) is 3.39. The van der Waals surface area contributed by atoms with E-state index in [2.05, 4.69) is 27.7 Å².